The van der Waals surface area contributed by atoms with E-state index in [-0.39, 0.29) is 5.75 Å². The second kappa shape index (κ2) is 3.76. The lowest BCUT2D eigenvalue weighted by Gasteiger charge is -1.99. The van der Waals surface area contributed by atoms with Crippen LogP contribution in [0.3, 0.4) is 0 Å². The van der Waals surface area contributed by atoms with Gasteiger partial charge in [0.1, 0.15) is 5.75 Å². The molecule has 70 valence electrons. The van der Waals surface area contributed by atoms with Crippen molar-refractivity contribution in [1.29, 1.82) is 0 Å². The second-order valence-electron chi connectivity index (χ2n) is 2.10. The van der Waals surface area contributed by atoms with Gasteiger partial charge in [-0.15, -0.1) is 0 Å². The Labute approximate surface area is 79.5 Å². The molecule has 0 radical (unpaired) electrons. The van der Waals surface area contributed by atoms with E-state index in [1.54, 1.807) is 18.2 Å². The van der Waals surface area contributed by atoms with Gasteiger partial charge in [0.05, 0.1) is 0 Å². The summed E-state index contributed by atoms with van der Waals surface area (Å²) in [4.78, 5) is 10.7. The Kier molecular flexibility index (Phi) is 2.90. The number of ether oxygens (including phenoxy) is 1. The van der Waals surface area contributed by atoms with Crippen LogP contribution in [0.25, 0.3) is 0 Å². The quantitative estimate of drug-likeness (QED) is 0.534. The molecular weight excluding hydrogens is 216 g/mol. The third-order valence-corrected chi connectivity index (χ3v) is 2.00. The molecule has 0 N–H and O–H groups in total. The number of halogens is 1. The Morgan fingerprint density at radius 3 is 2.23 bits per heavy atom. The second-order valence-corrected chi connectivity index (χ2v) is 4.53. The molecule has 0 aliphatic carbocycles. The van der Waals surface area contributed by atoms with Crippen LogP contribution < -0.4 is 4.74 Å². The molecule has 0 saturated carbocycles. The van der Waals surface area contributed by atoms with Gasteiger partial charge < -0.3 is 4.74 Å². The van der Waals surface area contributed by atoms with Crippen LogP contribution in [0.1, 0.15) is 0 Å². The molecule has 1 aromatic rings. The molecule has 4 nitrogen and oxygen atoms in total. The van der Waals surface area contributed by atoms with Crippen LogP contribution in [-0.2, 0) is 9.05 Å². The minimum absolute atomic E-state index is 0.136. The molecule has 0 spiro atoms. The summed E-state index contributed by atoms with van der Waals surface area (Å²) in [6, 6.07) is 7.79. The van der Waals surface area contributed by atoms with Crippen molar-refractivity contribution in [3.8, 4) is 5.75 Å². The highest BCUT2D eigenvalue weighted by atomic mass is 35.7. The van der Waals surface area contributed by atoms with Crippen molar-refractivity contribution in [3.05, 3.63) is 30.3 Å². The molecule has 1 rings (SSSR count). The van der Waals surface area contributed by atoms with Gasteiger partial charge in [0.2, 0.25) is 0 Å². The predicted octanol–water partition coefficient (Wildman–Crippen LogP) is 1.75. The Morgan fingerprint density at radius 2 is 1.77 bits per heavy atom. The third-order valence-electron chi connectivity index (χ3n) is 1.14. The van der Waals surface area contributed by atoms with Crippen molar-refractivity contribution in [2.45, 2.75) is 0 Å². The van der Waals surface area contributed by atoms with E-state index in [1.165, 1.54) is 12.1 Å². The van der Waals surface area contributed by atoms with Crippen molar-refractivity contribution < 1.29 is 17.9 Å². The number of para-hydroxylation sites is 1. The van der Waals surface area contributed by atoms with E-state index in [0.29, 0.717) is 0 Å². The zero-order valence-electron chi connectivity index (χ0n) is 6.31. The Morgan fingerprint density at radius 1 is 1.23 bits per heavy atom. The van der Waals surface area contributed by atoms with Gasteiger partial charge in [-0.05, 0) is 12.1 Å². The molecule has 0 aliphatic rings. The fourth-order valence-electron chi connectivity index (χ4n) is 0.635. The van der Waals surface area contributed by atoms with Crippen LogP contribution in [0.15, 0.2) is 30.3 Å². The Bertz CT molecular complexity index is 398. The fraction of sp³-hybridized carbons (Fsp3) is 0. The molecule has 0 amide bonds. The average Bonchev–Trinajstić information content (AvgIpc) is 2.04. The highest BCUT2D eigenvalue weighted by molar-refractivity contribution is 8.25. The van der Waals surface area contributed by atoms with Crippen molar-refractivity contribution >= 4 is 25.0 Å². The molecule has 0 atom stereocenters. The zero-order valence-corrected chi connectivity index (χ0v) is 7.88. The zero-order chi connectivity index (χ0) is 9.90. The van der Waals surface area contributed by atoms with Gasteiger partial charge in [-0.25, -0.2) is 4.79 Å². The van der Waals surface area contributed by atoms with E-state index in [9.17, 15) is 13.2 Å². The van der Waals surface area contributed by atoms with Crippen LogP contribution >= 0.6 is 10.7 Å². The third kappa shape index (κ3) is 3.04. The first-order valence-electron chi connectivity index (χ1n) is 3.21. The smallest absolute Gasteiger partial charge is 0.414 e. The standard InChI is InChI=1S/C7H5ClO4S/c8-13(10,11)7(9)12-6-4-2-1-3-5-6/h1-5H. The molecule has 0 saturated heterocycles. The lowest BCUT2D eigenvalue weighted by Crippen LogP contribution is -2.13. The molecule has 1 aromatic carbocycles. The van der Waals surface area contributed by atoms with Crippen LogP contribution in [-0.4, -0.2) is 13.7 Å². The minimum atomic E-state index is -4.29. The fourth-order valence-corrected chi connectivity index (χ4v) is 0.925. The molecule has 0 aromatic heterocycles. The normalized spacial score (nSPS) is 10.8. The molecule has 13 heavy (non-hydrogen) atoms. The van der Waals surface area contributed by atoms with Crippen molar-refractivity contribution in [1.82, 2.24) is 0 Å². The van der Waals surface area contributed by atoms with E-state index < -0.39 is 14.4 Å². The van der Waals surface area contributed by atoms with Gasteiger partial charge in [0.15, 0.2) is 0 Å². The summed E-state index contributed by atoms with van der Waals surface area (Å²) >= 11 is 0. The van der Waals surface area contributed by atoms with Gasteiger partial charge in [0, 0.05) is 10.7 Å². The topological polar surface area (TPSA) is 60.4 Å². The van der Waals surface area contributed by atoms with E-state index >= 15 is 0 Å². The van der Waals surface area contributed by atoms with Gasteiger partial charge in [-0.2, -0.15) is 8.42 Å². The predicted molar refractivity (Wildman–Crippen MR) is 47.2 cm³/mol. The SMILES string of the molecule is O=C(Oc1ccccc1)S(=O)(=O)Cl. The first kappa shape index (κ1) is 10.0. The average molecular weight is 221 g/mol. The van der Waals surface area contributed by atoms with Gasteiger partial charge in [0.25, 0.3) is 0 Å². The van der Waals surface area contributed by atoms with Crippen LogP contribution in [0.4, 0.5) is 4.79 Å². The Balaban J connectivity index is 2.78. The number of benzene rings is 1. The summed E-state index contributed by atoms with van der Waals surface area (Å²) in [5.41, 5.74) is 0. The molecule has 0 fully saturated rings. The number of carbonyl (C=O) groups excluding carboxylic acids is 1. The van der Waals surface area contributed by atoms with E-state index in [2.05, 4.69) is 4.74 Å². The van der Waals surface area contributed by atoms with E-state index in [4.69, 9.17) is 10.7 Å². The number of carbonyl (C=O) groups is 1. The first-order chi connectivity index (χ1) is 6.00. The summed E-state index contributed by atoms with van der Waals surface area (Å²) in [5.74, 6) is 0.136. The summed E-state index contributed by atoms with van der Waals surface area (Å²) in [7, 11) is 0.441. The maximum atomic E-state index is 10.7. The first-order valence-corrected chi connectivity index (χ1v) is 5.52. The molecule has 0 unspecified atom stereocenters. The van der Waals surface area contributed by atoms with E-state index in [1.807, 2.05) is 0 Å². The van der Waals surface area contributed by atoms with Gasteiger partial charge in [-0.1, -0.05) is 18.2 Å². The molecule has 0 heterocycles. The monoisotopic (exact) mass is 220 g/mol. The van der Waals surface area contributed by atoms with E-state index in [0.717, 1.165) is 0 Å². The lowest BCUT2D eigenvalue weighted by molar-refractivity contribution is 0.224. The maximum absolute atomic E-state index is 10.7. The number of hydrogen-bond acceptors (Lipinski definition) is 4. The minimum Gasteiger partial charge on any atom is -0.414 e. The van der Waals surface area contributed by atoms with Crippen LogP contribution in [0.5, 0.6) is 5.75 Å². The highest BCUT2D eigenvalue weighted by Crippen LogP contribution is 2.12. The van der Waals surface area contributed by atoms with Crippen molar-refractivity contribution in [3.63, 3.8) is 0 Å². The summed E-state index contributed by atoms with van der Waals surface area (Å²) in [6.07, 6.45) is 0. The lowest BCUT2D eigenvalue weighted by atomic mass is 10.3. The van der Waals surface area contributed by atoms with Gasteiger partial charge >= 0.3 is 14.4 Å². The maximum Gasteiger partial charge on any atom is 0.445 e. The summed E-state index contributed by atoms with van der Waals surface area (Å²) < 4.78 is 25.3. The molecular formula is C7H5ClO4S. The largest absolute Gasteiger partial charge is 0.445 e. The summed E-state index contributed by atoms with van der Waals surface area (Å²) in [6.45, 7) is 0. The molecule has 0 bridgehead atoms. The van der Waals surface area contributed by atoms with Crippen molar-refractivity contribution in [2.75, 3.05) is 0 Å². The van der Waals surface area contributed by atoms with Crippen LogP contribution in [0, 0.1) is 0 Å². The van der Waals surface area contributed by atoms with Crippen molar-refractivity contribution in [2.24, 2.45) is 0 Å². The Hall–Kier alpha value is -1.07. The molecule has 0 aliphatic heterocycles. The highest BCUT2D eigenvalue weighted by Gasteiger charge is 2.20. The number of hydrogen-bond donors (Lipinski definition) is 0. The number of rotatable bonds is 1. The van der Waals surface area contributed by atoms with Crippen LogP contribution in [0.2, 0.25) is 0 Å². The summed E-state index contributed by atoms with van der Waals surface area (Å²) in [5, 5.41) is -1.47. The molecule has 6 heteroatoms. The van der Waals surface area contributed by atoms with Gasteiger partial charge in [-0.3, -0.25) is 0 Å².